The van der Waals surface area contributed by atoms with Crippen molar-refractivity contribution in [1.29, 1.82) is 0 Å². The molecule has 0 aromatic carbocycles. The molecule has 10 heteroatoms. The molecule has 0 amide bonds. The summed E-state index contributed by atoms with van der Waals surface area (Å²) in [5.74, 6) is 0.455. The lowest BCUT2D eigenvalue weighted by molar-refractivity contribution is -0.107. The lowest BCUT2D eigenvalue weighted by Gasteiger charge is -2.31. The summed E-state index contributed by atoms with van der Waals surface area (Å²) in [6, 6.07) is 0. The summed E-state index contributed by atoms with van der Waals surface area (Å²) in [6.07, 6.45) is 5.38. The van der Waals surface area contributed by atoms with E-state index in [4.69, 9.17) is 35.3 Å². The number of allylic oxidation sites excluding steroid dienone is 2. The zero-order valence-corrected chi connectivity index (χ0v) is 32.2. The fraction of sp³-hybridized carbons (Fsp3) is 0.472. The van der Waals surface area contributed by atoms with Crippen LogP contribution in [0.25, 0.3) is 5.57 Å². The molecular formula is C36H58BBrN6O2. The second-order valence-corrected chi connectivity index (χ2v) is 13.6. The first-order valence-corrected chi connectivity index (χ1v) is 15.8. The van der Waals surface area contributed by atoms with E-state index in [2.05, 4.69) is 57.9 Å². The number of hydrogen-bond donors (Lipinski definition) is 5. The molecule has 0 unspecified atom stereocenters. The fourth-order valence-corrected chi connectivity index (χ4v) is 3.36. The Hall–Kier alpha value is -3.21. The highest BCUT2D eigenvalue weighted by Crippen LogP contribution is 2.26. The first kappa shape index (κ1) is 44.9. The summed E-state index contributed by atoms with van der Waals surface area (Å²) in [6.45, 7) is 33.2. The molecule has 3 rings (SSSR count). The summed E-state index contributed by atoms with van der Waals surface area (Å²) in [7, 11) is 4.92. The van der Waals surface area contributed by atoms with E-state index in [9.17, 15) is 0 Å². The molecule has 0 aliphatic heterocycles. The van der Waals surface area contributed by atoms with Gasteiger partial charge in [-0.2, -0.15) is 0 Å². The molecule has 8 nitrogen and oxygen atoms in total. The van der Waals surface area contributed by atoms with Crippen LogP contribution >= 0.6 is 15.9 Å². The van der Waals surface area contributed by atoms with Gasteiger partial charge in [0.1, 0.15) is 7.85 Å². The maximum absolute atomic E-state index is 9.10. The van der Waals surface area contributed by atoms with Gasteiger partial charge < -0.3 is 27.4 Å². The highest BCUT2D eigenvalue weighted by Gasteiger charge is 2.31. The largest absolute Gasteiger partial charge is 0.398 e. The number of pyridine rings is 3. The molecule has 0 bridgehead atoms. The van der Waals surface area contributed by atoms with Crippen LogP contribution in [0.5, 0.6) is 0 Å². The number of rotatable bonds is 3. The van der Waals surface area contributed by atoms with Crippen LogP contribution in [0.15, 0.2) is 41.7 Å². The monoisotopic (exact) mass is 696 g/mol. The van der Waals surface area contributed by atoms with Gasteiger partial charge in [-0.05, 0) is 126 Å². The smallest absolute Gasteiger partial charge is 0.106 e. The van der Waals surface area contributed by atoms with Crippen LogP contribution in [0.4, 0.5) is 17.1 Å². The Morgan fingerprint density at radius 1 is 0.717 bits per heavy atom. The van der Waals surface area contributed by atoms with Gasteiger partial charge in [-0.1, -0.05) is 27.4 Å². The third kappa shape index (κ3) is 15.4. The third-order valence-electron chi connectivity index (χ3n) is 7.43. The van der Waals surface area contributed by atoms with Crippen molar-refractivity contribution >= 4 is 46.4 Å². The van der Waals surface area contributed by atoms with Gasteiger partial charge >= 0.3 is 0 Å². The number of nitrogen functional groups attached to an aromatic ring is 3. The standard InChI is InChI=1S/C10H16N2.C10H14N2.C7H9BrN2.C6H14O2.C3H5B/c2*1-6(2)9-5-12-8(4)7(3)10(9)11;1-4-5(2)10-3-6(8)7(4)9;1-5(2,7)6(3,4)8;1-3(2)4/h5-6H,1-4H3,(H2,11,12);5H,1H2,2-4H3,(H2,11,12);3H,1-2H3,(H2,9,10);7-8H,1-4H3;1H2,2H3. The summed E-state index contributed by atoms with van der Waals surface area (Å²) < 4.78 is 0.871. The van der Waals surface area contributed by atoms with E-state index in [-0.39, 0.29) is 0 Å². The Morgan fingerprint density at radius 3 is 1.37 bits per heavy atom. The van der Waals surface area contributed by atoms with E-state index in [0.29, 0.717) is 11.4 Å². The number of halogens is 1. The maximum Gasteiger partial charge on any atom is 0.106 e. The molecule has 3 aromatic heterocycles. The molecule has 254 valence electrons. The third-order valence-corrected chi connectivity index (χ3v) is 8.07. The molecule has 0 aliphatic carbocycles. The molecular weight excluding hydrogens is 639 g/mol. The van der Waals surface area contributed by atoms with Crippen molar-refractivity contribution < 1.29 is 10.2 Å². The predicted molar refractivity (Wildman–Crippen MR) is 204 cm³/mol. The van der Waals surface area contributed by atoms with E-state index in [1.165, 1.54) is 0 Å². The number of aliphatic hydroxyl groups is 2. The highest BCUT2D eigenvalue weighted by molar-refractivity contribution is 9.10. The molecule has 3 aromatic rings. The topological polar surface area (TPSA) is 157 Å². The first-order chi connectivity index (χ1) is 20.7. The minimum absolute atomic E-state index is 0.455. The molecule has 0 saturated carbocycles. The number of anilines is 3. The molecule has 0 saturated heterocycles. The Bertz CT molecular complexity index is 1420. The summed E-state index contributed by atoms with van der Waals surface area (Å²) in [5.41, 5.74) is 27.9. The van der Waals surface area contributed by atoms with E-state index in [1.54, 1.807) is 47.0 Å². The van der Waals surface area contributed by atoms with Crippen LogP contribution in [0.2, 0.25) is 0 Å². The second-order valence-electron chi connectivity index (χ2n) is 12.8. The van der Waals surface area contributed by atoms with Gasteiger partial charge in [0.25, 0.3) is 0 Å². The van der Waals surface area contributed by atoms with Gasteiger partial charge in [0, 0.05) is 52.6 Å². The summed E-state index contributed by atoms with van der Waals surface area (Å²) >= 11 is 3.29. The number of hydrogen-bond acceptors (Lipinski definition) is 8. The van der Waals surface area contributed by atoms with Crippen LogP contribution in [0.3, 0.4) is 0 Å². The average molecular weight is 698 g/mol. The zero-order chi connectivity index (χ0) is 36.9. The Labute approximate surface area is 288 Å². The fourth-order valence-electron chi connectivity index (χ4n) is 2.96. The number of aromatic nitrogens is 3. The van der Waals surface area contributed by atoms with E-state index < -0.39 is 11.2 Å². The van der Waals surface area contributed by atoms with Crippen LogP contribution in [0, 0.1) is 41.5 Å². The van der Waals surface area contributed by atoms with Gasteiger partial charge in [-0.25, -0.2) is 0 Å². The molecule has 0 atom stereocenters. The average Bonchev–Trinajstić information content (AvgIpc) is 2.91. The van der Waals surface area contributed by atoms with Crippen molar-refractivity contribution in [2.24, 2.45) is 0 Å². The van der Waals surface area contributed by atoms with E-state index in [0.717, 1.165) is 72.0 Å². The second kappa shape index (κ2) is 19.5. The Kier molecular flexibility index (Phi) is 19.0. The van der Waals surface area contributed by atoms with Crippen LogP contribution < -0.4 is 17.2 Å². The van der Waals surface area contributed by atoms with Crippen molar-refractivity contribution in [2.45, 2.75) is 114 Å². The van der Waals surface area contributed by atoms with Gasteiger partial charge in [-0.15, -0.1) is 12.1 Å². The molecule has 0 fully saturated rings. The minimum atomic E-state index is -1.01. The van der Waals surface area contributed by atoms with Crippen molar-refractivity contribution in [2.75, 3.05) is 17.2 Å². The summed E-state index contributed by atoms with van der Waals surface area (Å²) in [5, 5.41) is 18.2. The lowest BCUT2D eigenvalue weighted by Crippen LogP contribution is -2.44. The molecule has 46 heavy (non-hydrogen) atoms. The van der Waals surface area contributed by atoms with Crippen LogP contribution in [0.1, 0.15) is 106 Å². The summed E-state index contributed by atoms with van der Waals surface area (Å²) in [4.78, 5) is 12.6. The number of nitrogens with two attached hydrogens (primary N) is 3. The molecule has 0 aliphatic rings. The van der Waals surface area contributed by atoms with E-state index in [1.807, 2.05) is 54.7 Å². The number of aryl methyl sites for hydroxylation is 3. The minimum Gasteiger partial charge on any atom is -0.398 e. The molecule has 8 N–H and O–H groups in total. The van der Waals surface area contributed by atoms with Crippen molar-refractivity contribution in [1.82, 2.24) is 15.0 Å². The lowest BCUT2D eigenvalue weighted by atomic mass is 9.90. The molecule has 0 spiro atoms. The van der Waals surface area contributed by atoms with Gasteiger partial charge in [0.15, 0.2) is 0 Å². The Balaban J connectivity index is 0. The highest BCUT2D eigenvalue weighted by atomic mass is 79.9. The molecule has 3 heterocycles. The van der Waals surface area contributed by atoms with Crippen molar-refractivity contribution in [3.63, 3.8) is 0 Å². The predicted octanol–water partition coefficient (Wildman–Crippen LogP) is 7.98. The quantitative estimate of drug-likeness (QED) is 0.173. The van der Waals surface area contributed by atoms with Crippen LogP contribution in [-0.4, -0.2) is 44.2 Å². The van der Waals surface area contributed by atoms with Crippen molar-refractivity contribution in [3.05, 3.63) is 86.6 Å². The van der Waals surface area contributed by atoms with E-state index >= 15 is 0 Å². The Morgan fingerprint density at radius 2 is 1.04 bits per heavy atom. The van der Waals surface area contributed by atoms with Crippen LogP contribution in [-0.2, 0) is 0 Å². The van der Waals surface area contributed by atoms with Gasteiger partial charge in [0.05, 0.1) is 21.4 Å². The van der Waals surface area contributed by atoms with Gasteiger partial charge in [0.2, 0.25) is 0 Å². The number of nitrogens with zero attached hydrogens (tertiary/aromatic N) is 3. The first-order valence-electron chi connectivity index (χ1n) is 15.0. The SMILES string of the molecule is C=C(C)c1cnc(C)c(C)c1N.CC(C)(O)C(C)(C)O.Cc1ncc(Br)c(N)c1C.Cc1ncc(C(C)C)c(N)c1C.[B]C(=C)C. The van der Waals surface area contributed by atoms with Crippen molar-refractivity contribution in [3.8, 4) is 0 Å². The van der Waals surface area contributed by atoms with Gasteiger partial charge in [-0.3, -0.25) is 15.0 Å². The zero-order valence-electron chi connectivity index (χ0n) is 30.6. The normalized spacial score (nSPS) is 10.6. The maximum atomic E-state index is 9.10. The molecule has 2 radical (unpaired) electrons.